The van der Waals surface area contributed by atoms with Crippen LogP contribution < -0.4 is 5.32 Å². The van der Waals surface area contributed by atoms with Gasteiger partial charge in [0, 0.05) is 25.8 Å². The lowest BCUT2D eigenvalue weighted by Crippen LogP contribution is -2.35. The van der Waals surface area contributed by atoms with Gasteiger partial charge >= 0.3 is 0 Å². The number of carbonyl (C=O) groups is 2. The highest BCUT2D eigenvalue weighted by Gasteiger charge is 2.30. The Labute approximate surface area is 160 Å². The van der Waals surface area contributed by atoms with Crippen LogP contribution in [0.15, 0.2) is 23.4 Å². The van der Waals surface area contributed by atoms with Crippen molar-refractivity contribution >= 4 is 23.6 Å². The molecule has 0 aromatic carbocycles. The van der Waals surface area contributed by atoms with Crippen LogP contribution in [0.2, 0.25) is 0 Å². The molecule has 5 nitrogen and oxygen atoms in total. The van der Waals surface area contributed by atoms with Gasteiger partial charge in [0.2, 0.25) is 5.91 Å². The zero-order valence-electron chi connectivity index (χ0n) is 15.8. The number of nitrogens with one attached hydrogen (secondary N) is 1. The molecule has 6 heteroatoms. The average Bonchev–Trinajstić information content (AvgIpc) is 3.32. The third kappa shape index (κ3) is 4.58. The van der Waals surface area contributed by atoms with E-state index in [2.05, 4.69) is 17.2 Å². The van der Waals surface area contributed by atoms with Gasteiger partial charge in [-0.2, -0.15) is 0 Å². The van der Waals surface area contributed by atoms with Gasteiger partial charge in [0.1, 0.15) is 5.03 Å². The number of aromatic nitrogens is 1. The topological polar surface area (TPSA) is 62.3 Å². The Hall–Kier alpha value is -1.56. The first-order chi connectivity index (χ1) is 12.5. The van der Waals surface area contributed by atoms with Gasteiger partial charge in [-0.15, -0.1) is 0 Å². The van der Waals surface area contributed by atoms with Crippen LogP contribution in [0.25, 0.3) is 0 Å². The molecular weight excluding hydrogens is 346 g/mol. The number of likely N-dealkylation sites (tertiary alicyclic amines) is 1. The SMILES string of the molecule is CC(Sc1ncccc1C(=O)NCC1(C)CCCC1)C(=O)N1CCCC1. The van der Waals surface area contributed by atoms with Crippen LogP contribution >= 0.6 is 11.8 Å². The van der Waals surface area contributed by atoms with Crippen LogP contribution in [-0.4, -0.2) is 46.6 Å². The summed E-state index contributed by atoms with van der Waals surface area (Å²) in [5, 5.41) is 3.50. The van der Waals surface area contributed by atoms with E-state index in [1.165, 1.54) is 37.4 Å². The van der Waals surface area contributed by atoms with Gasteiger partial charge in [0.15, 0.2) is 0 Å². The van der Waals surface area contributed by atoms with Crippen LogP contribution in [0.5, 0.6) is 0 Å². The Morgan fingerprint density at radius 2 is 1.96 bits per heavy atom. The van der Waals surface area contributed by atoms with Crippen LogP contribution in [0, 0.1) is 5.41 Å². The molecule has 1 saturated carbocycles. The van der Waals surface area contributed by atoms with Crippen molar-refractivity contribution in [2.45, 2.75) is 62.6 Å². The van der Waals surface area contributed by atoms with E-state index in [1.807, 2.05) is 11.8 Å². The zero-order valence-corrected chi connectivity index (χ0v) is 16.6. The van der Waals surface area contributed by atoms with Gasteiger partial charge < -0.3 is 10.2 Å². The molecule has 2 fully saturated rings. The van der Waals surface area contributed by atoms with Crippen molar-refractivity contribution in [3.05, 3.63) is 23.9 Å². The van der Waals surface area contributed by atoms with Crippen LogP contribution in [-0.2, 0) is 4.79 Å². The molecule has 1 aromatic heterocycles. The third-order valence-electron chi connectivity index (χ3n) is 5.56. The molecule has 2 aliphatic rings. The Morgan fingerprint density at radius 3 is 2.65 bits per heavy atom. The van der Waals surface area contributed by atoms with Crippen molar-refractivity contribution in [3.63, 3.8) is 0 Å². The predicted octanol–water partition coefficient (Wildman–Crippen LogP) is 3.49. The van der Waals surface area contributed by atoms with Crippen molar-refractivity contribution < 1.29 is 9.59 Å². The van der Waals surface area contributed by atoms with Crippen LogP contribution in [0.3, 0.4) is 0 Å². The number of nitrogens with zero attached hydrogens (tertiary/aromatic N) is 2. The highest BCUT2D eigenvalue weighted by Crippen LogP contribution is 2.36. The van der Waals surface area contributed by atoms with E-state index in [-0.39, 0.29) is 22.5 Å². The van der Waals surface area contributed by atoms with Gasteiger partial charge in [0.05, 0.1) is 10.8 Å². The lowest BCUT2D eigenvalue weighted by Gasteiger charge is -2.24. The fraction of sp³-hybridized carbons (Fsp3) is 0.650. The molecule has 1 aromatic rings. The fourth-order valence-electron chi connectivity index (χ4n) is 3.86. The maximum Gasteiger partial charge on any atom is 0.254 e. The molecule has 0 spiro atoms. The summed E-state index contributed by atoms with van der Waals surface area (Å²) in [5.41, 5.74) is 0.782. The molecule has 1 unspecified atom stereocenters. The van der Waals surface area contributed by atoms with Crippen molar-refractivity contribution in [2.75, 3.05) is 19.6 Å². The largest absolute Gasteiger partial charge is 0.351 e. The minimum absolute atomic E-state index is 0.0884. The predicted molar refractivity (Wildman–Crippen MR) is 104 cm³/mol. The summed E-state index contributed by atoms with van der Waals surface area (Å²) >= 11 is 1.39. The highest BCUT2D eigenvalue weighted by atomic mass is 32.2. The van der Waals surface area contributed by atoms with E-state index in [0.29, 0.717) is 17.1 Å². The molecule has 3 rings (SSSR count). The third-order valence-corrected chi connectivity index (χ3v) is 6.66. The maximum absolute atomic E-state index is 12.7. The number of carbonyl (C=O) groups excluding carboxylic acids is 2. The molecule has 0 radical (unpaired) electrons. The standard InChI is InChI=1S/C20H29N3O2S/c1-15(19(25)23-12-5-6-13-23)26-18-16(8-7-11-21-18)17(24)22-14-20(2)9-3-4-10-20/h7-8,11,15H,3-6,9-10,12-14H2,1-2H3,(H,22,24). The Kier molecular flexibility index (Phi) is 6.22. The summed E-state index contributed by atoms with van der Waals surface area (Å²) in [5.74, 6) is 0.0533. The molecule has 26 heavy (non-hydrogen) atoms. The van der Waals surface area contributed by atoms with E-state index >= 15 is 0 Å². The quantitative estimate of drug-likeness (QED) is 0.773. The molecule has 0 bridgehead atoms. The van der Waals surface area contributed by atoms with Gasteiger partial charge in [-0.3, -0.25) is 9.59 Å². The number of rotatable bonds is 6. The second kappa shape index (κ2) is 8.42. The second-order valence-electron chi connectivity index (χ2n) is 7.85. The van der Waals surface area contributed by atoms with Crippen molar-refractivity contribution in [1.29, 1.82) is 0 Å². The van der Waals surface area contributed by atoms with Gasteiger partial charge in [-0.1, -0.05) is 31.5 Å². The molecule has 1 N–H and O–H groups in total. The van der Waals surface area contributed by atoms with Crippen molar-refractivity contribution in [1.82, 2.24) is 15.2 Å². The molecule has 2 heterocycles. The van der Waals surface area contributed by atoms with E-state index in [0.717, 1.165) is 25.9 Å². The first kappa shape index (κ1) is 19.2. The lowest BCUT2D eigenvalue weighted by molar-refractivity contribution is -0.129. The molecule has 1 aliphatic heterocycles. The summed E-state index contributed by atoms with van der Waals surface area (Å²) in [6, 6.07) is 3.58. The molecule has 1 aliphatic carbocycles. The smallest absolute Gasteiger partial charge is 0.254 e. The summed E-state index contributed by atoms with van der Waals surface area (Å²) in [4.78, 5) is 31.6. The monoisotopic (exact) mass is 375 g/mol. The van der Waals surface area contributed by atoms with E-state index in [9.17, 15) is 9.59 Å². The summed E-state index contributed by atoms with van der Waals surface area (Å²) in [6.07, 6.45) is 8.68. The average molecular weight is 376 g/mol. The normalized spacial score (nSPS) is 20.2. The first-order valence-corrected chi connectivity index (χ1v) is 10.6. The first-order valence-electron chi connectivity index (χ1n) is 9.67. The molecule has 1 saturated heterocycles. The molecule has 2 amide bonds. The highest BCUT2D eigenvalue weighted by molar-refractivity contribution is 8.00. The van der Waals surface area contributed by atoms with Gasteiger partial charge in [-0.25, -0.2) is 4.98 Å². The minimum Gasteiger partial charge on any atom is -0.351 e. The summed E-state index contributed by atoms with van der Waals surface area (Å²) < 4.78 is 0. The fourth-order valence-corrected chi connectivity index (χ4v) is 4.86. The van der Waals surface area contributed by atoms with Crippen LogP contribution in [0.4, 0.5) is 0 Å². The minimum atomic E-state index is -0.234. The van der Waals surface area contributed by atoms with Crippen molar-refractivity contribution in [3.8, 4) is 0 Å². The summed E-state index contributed by atoms with van der Waals surface area (Å²) in [7, 11) is 0. The van der Waals surface area contributed by atoms with E-state index in [4.69, 9.17) is 0 Å². The number of pyridine rings is 1. The number of hydrogen-bond donors (Lipinski definition) is 1. The molecule has 1 atom stereocenters. The van der Waals surface area contributed by atoms with Gasteiger partial charge in [-0.05, 0) is 50.2 Å². The van der Waals surface area contributed by atoms with E-state index in [1.54, 1.807) is 18.3 Å². The van der Waals surface area contributed by atoms with E-state index < -0.39 is 0 Å². The van der Waals surface area contributed by atoms with Crippen LogP contribution in [0.1, 0.15) is 62.7 Å². The van der Waals surface area contributed by atoms with Gasteiger partial charge in [0.25, 0.3) is 5.91 Å². The summed E-state index contributed by atoms with van der Waals surface area (Å²) in [6.45, 7) is 6.54. The maximum atomic E-state index is 12.7. The Morgan fingerprint density at radius 1 is 1.27 bits per heavy atom. The Bertz CT molecular complexity index is 652. The molecule has 142 valence electrons. The number of thioether (sulfide) groups is 1. The van der Waals surface area contributed by atoms with Crippen molar-refractivity contribution in [2.24, 2.45) is 5.41 Å². The number of hydrogen-bond acceptors (Lipinski definition) is 4. The lowest BCUT2D eigenvalue weighted by atomic mass is 9.89. The second-order valence-corrected chi connectivity index (χ2v) is 9.18. The molecular formula is C20H29N3O2S. The zero-order chi connectivity index (χ0) is 18.6. The number of amides is 2. The Balaban J connectivity index is 1.63.